The van der Waals surface area contributed by atoms with Crippen molar-refractivity contribution in [2.45, 2.75) is 6.10 Å². The maximum atomic E-state index is 14.0. The molecule has 0 aliphatic carbocycles. The molecule has 1 N–H and O–H groups in total. The summed E-state index contributed by atoms with van der Waals surface area (Å²) >= 11 is 0. The molecule has 2 amide bonds. The summed E-state index contributed by atoms with van der Waals surface area (Å²) in [6.45, 7) is 5.76. The van der Waals surface area contributed by atoms with Crippen molar-refractivity contribution in [1.29, 1.82) is 0 Å². The first-order valence-electron chi connectivity index (χ1n) is 10.1. The molecule has 0 unspecified atom stereocenters. The predicted molar refractivity (Wildman–Crippen MR) is 112 cm³/mol. The molecule has 7 heteroatoms. The van der Waals surface area contributed by atoms with Crippen LogP contribution in [0.1, 0.15) is 0 Å². The number of halogens is 1. The highest BCUT2D eigenvalue weighted by atomic mass is 19.1. The number of piperazine rings is 1. The number of amides is 2. The first kappa shape index (κ1) is 19.7. The standard InChI is InChI=1S/C22H27FN4O2/c23-20-8-4-5-9-21(20)26-12-10-25(11-13-26)16-19-17-27(14-15-29-19)22(28)24-18-6-2-1-3-7-18/h1-9,19H,10-17H2,(H,24,28)/t19-/m1/s1. The Labute approximate surface area is 170 Å². The SMILES string of the molecule is O=C(Nc1ccccc1)N1CCO[C@H](CN2CCN(c3ccccc3F)CC2)C1. The lowest BCUT2D eigenvalue weighted by Gasteiger charge is -2.40. The third kappa shape index (κ3) is 5.05. The second kappa shape index (κ2) is 9.24. The number of benzene rings is 2. The van der Waals surface area contributed by atoms with Crippen molar-refractivity contribution in [3.05, 3.63) is 60.4 Å². The molecule has 154 valence electrons. The van der Waals surface area contributed by atoms with Crippen LogP contribution < -0.4 is 10.2 Å². The van der Waals surface area contributed by atoms with E-state index in [2.05, 4.69) is 15.1 Å². The summed E-state index contributed by atoms with van der Waals surface area (Å²) in [6, 6.07) is 16.3. The van der Waals surface area contributed by atoms with Gasteiger partial charge in [0.25, 0.3) is 0 Å². The predicted octanol–water partition coefficient (Wildman–Crippen LogP) is 2.88. The highest BCUT2D eigenvalue weighted by Crippen LogP contribution is 2.20. The largest absolute Gasteiger partial charge is 0.373 e. The van der Waals surface area contributed by atoms with E-state index in [1.807, 2.05) is 47.4 Å². The Morgan fingerprint density at radius 2 is 1.72 bits per heavy atom. The van der Waals surface area contributed by atoms with Gasteiger partial charge in [-0.3, -0.25) is 4.90 Å². The lowest BCUT2D eigenvalue weighted by Crippen LogP contribution is -2.54. The number of carbonyl (C=O) groups is 1. The molecule has 29 heavy (non-hydrogen) atoms. The van der Waals surface area contributed by atoms with Crippen molar-refractivity contribution in [1.82, 2.24) is 9.80 Å². The quantitative estimate of drug-likeness (QED) is 0.861. The molecule has 1 atom stereocenters. The Kier molecular flexibility index (Phi) is 6.27. The summed E-state index contributed by atoms with van der Waals surface area (Å²) in [4.78, 5) is 18.8. The molecular formula is C22H27FN4O2. The second-order valence-electron chi connectivity index (χ2n) is 7.47. The molecule has 0 bridgehead atoms. The number of carbonyl (C=O) groups excluding carboxylic acids is 1. The molecule has 2 aromatic rings. The van der Waals surface area contributed by atoms with E-state index in [0.717, 1.165) is 38.4 Å². The zero-order chi connectivity index (χ0) is 20.1. The molecule has 2 heterocycles. The number of para-hydroxylation sites is 2. The van der Waals surface area contributed by atoms with Crippen molar-refractivity contribution in [3.63, 3.8) is 0 Å². The summed E-state index contributed by atoms with van der Waals surface area (Å²) < 4.78 is 19.9. The fraction of sp³-hybridized carbons (Fsp3) is 0.409. The van der Waals surface area contributed by atoms with E-state index < -0.39 is 0 Å². The number of urea groups is 1. The van der Waals surface area contributed by atoms with Crippen LogP contribution in [-0.4, -0.2) is 74.4 Å². The van der Waals surface area contributed by atoms with Crippen LogP contribution in [-0.2, 0) is 4.74 Å². The van der Waals surface area contributed by atoms with Crippen molar-refractivity contribution < 1.29 is 13.9 Å². The van der Waals surface area contributed by atoms with E-state index in [1.165, 1.54) is 6.07 Å². The Morgan fingerprint density at radius 1 is 1.00 bits per heavy atom. The van der Waals surface area contributed by atoms with E-state index in [-0.39, 0.29) is 18.0 Å². The van der Waals surface area contributed by atoms with Crippen LogP contribution in [0.25, 0.3) is 0 Å². The minimum atomic E-state index is -0.170. The van der Waals surface area contributed by atoms with E-state index in [4.69, 9.17) is 4.74 Å². The smallest absolute Gasteiger partial charge is 0.322 e. The van der Waals surface area contributed by atoms with Crippen LogP contribution in [0.4, 0.5) is 20.6 Å². The molecule has 2 aliphatic heterocycles. The minimum absolute atomic E-state index is 0.00900. The number of rotatable bonds is 4. The number of ether oxygens (including phenoxy) is 1. The van der Waals surface area contributed by atoms with E-state index in [1.54, 1.807) is 6.07 Å². The molecule has 2 fully saturated rings. The highest BCUT2D eigenvalue weighted by Gasteiger charge is 2.27. The Hall–Kier alpha value is -2.64. The first-order valence-corrected chi connectivity index (χ1v) is 10.1. The molecular weight excluding hydrogens is 371 g/mol. The maximum absolute atomic E-state index is 14.0. The fourth-order valence-electron chi connectivity index (χ4n) is 3.91. The zero-order valence-electron chi connectivity index (χ0n) is 16.5. The number of nitrogens with zero attached hydrogens (tertiary/aromatic N) is 3. The van der Waals surface area contributed by atoms with Crippen LogP contribution in [0.2, 0.25) is 0 Å². The van der Waals surface area contributed by atoms with Gasteiger partial charge in [0.2, 0.25) is 0 Å². The van der Waals surface area contributed by atoms with Gasteiger partial charge in [-0.1, -0.05) is 30.3 Å². The molecule has 2 saturated heterocycles. The number of anilines is 2. The number of morpholine rings is 1. The lowest BCUT2D eigenvalue weighted by atomic mass is 10.2. The molecule has 2 aliphatic rings. The third-order valence-electron chi connectivity index (χ3n) is 5.48. The zero-order valence-corrected chi connectivity index (χ0v) is 16.5. The molecule has 0 aromatic heterocycles. The van der Waals surface area contributed by atoms with Crippen molar-refractivity contribution >= 4 is 17.4 Å². The summed E-state index contributed by atoms with van der Waals surface area (Å²) in [6.07, 6.45) is -0.00900. The van der Waals surface area contributed by atoms with Crippen LogP contribution >= 0.6 is 0 Å². The summed E-state index contributed by atoms with van der Waals surface area (Å²) in [5.74, 6) is -0.170. The van der Waals surface area contributed by atoms with Crippen molar-refractivity contribution in [2.75, 3.05) is 62.6 Å². The van der Waals surface area contributed by atoms with Gasteiger partial charge in [-0.15, -0.1) is 0 Å². The lowest BCUT2D eigenvalue weighted by molar-refractivity contribution is -0.0295. The first-order chi connectivity index (χ1) is 14.2. The minimum Gasteiger partial charge on any atom is -0.373 e. The third-order valence-corrected chi connectivity index (χ3v) is 5.48. The Morgan fingerprint density at radius 3 is 2.48 bits per heavy atom. The molecule has 0 spiro atoms. The van der Waals surface area contributed by atoms with Crippen LogP contribution in [0.15, 0.2) is 54.6 Å². The van der Waals surface area contributed by atoms with Gasteiger partial charge in [0.05, 0.1) is 18.4 Å². The van der Waals surface area contributed by atoms with E-state index >= 15 is 0 Å². The second-order valence-corrected chi connectivity index (χ2v) is 7.47. The highest BCUT2D eigenvalue weighted by molar-refractivity contribution is 5.89. The molecule has 4 rings (SSSR count). The molecule has 6 nitrogen and oxygen atoms in total. The van der Waals surface area contributed by atoms with Gasteiger partial charge < -0.3 is 19.9 Å². The Balaban J connectivity index is 1.26. The normalized spacial score (nSPS) is 20.5. The number of hydrogen-bond donors (Lipinski definition) is 1. The summed E-state index contributed by atoms with van der Waals surface area (Å²) in [7, 11) is 0. The van der Waals surface area contributed by atoms with Gasteiger partial charge in [-0.2, -0.15) is 0 Å². The van der Waals surface area contributed by atoms with E-state index in [0.29, 0.717) is 25.4 Å². The van der Waals surface area contributed by atoms with Crippen LogP contribution in [0.5, 0.6) is 0 Å². The van der Waals surface area contributed by atoms with E-state index in [9.17, 15) is 9.18 Å². The average molecular weight is 398 g/mol. The van der Waals surface area contributed by atoms with Gasteiger partial charge in [-0.25, -0.2) is 9.18 Å². The van der Waals surface area contributed by atoms with Crippen molar-refractivity contribution in [3.8, 4) is 0 Å². The molecule has 2 aromatic carbocycles. The monoisotopic (exact) mass is 398 g/mol. The van der Waals surface area contributed by atoms with Gasteiger partial charge in [0.15, 0.2) is 0 Å². The molecule has 0 radical (unpaired) electrons. The number of hydrogen-bond acceptors (Lipinski definition) is 4. The summed E-state index contributed by atoms with van der Waals surface area (Å²) in [5.41, 5.74) is 1.47. The van der Waals surface area contributed by atoms with Gasteiger partial charge in [0, 0.05) is 51.5 Å². The summed E-state index contributed by atoms with van der Waals surface area (Å²) in [5, 5.41) is 2.94. The van der Waals surface area contributed by atoms with Crippen LogP contribution in [0.3, 0.4) is 0 Å². The average Bonchev–Trinajstić information content (AvgIpc) is 2.76. The topological polar surface area (TPSA) is 48.1 Å². The Bertz CT molecular complexity index is 811. The molecule has 0 saturated carbocycles. The van der Waals surface area contributed by atoms with Crippen LogP contribution in [0, 0.1) is 5.82 Å². The van der Waals surface area contributed by atoms with Gasteiger partial charge in [0.1, 0.15) is 5.82 Å². The number of nitrogens with one attached hydrogen (secondary N) is 1. The van der Waals surface area contributed by atoms with Gasteiger partial charge in [-0.05, 0) is 24.3 Å². The fourth-order valence-corrected chi connectivity index (χ4v) is 3.91. The van der Waals surface area contributed by atoms with Crippen molar-refractivity contribution in [2.24, 2.45) is 0 Å². The van der Waals surface area contributed by atoms with Gasteiger partial charge >= 0.3 is 6.03 Å². The maximum Gasteiger partial charge on any atom is 0.322 e.